The van der Waals surface area contributed by atoms with Crippen LogP contribution in [0.3, 0.4) is 0 Å². The number of hydrogen-bond donors (Lipinski definition) is 2. The van der Waals surface area contributed by atoms with Gasteiger partial charge in [-0.25, -0.2) is 17.6 Å². The van der Waals surface area contributed by atoms with E-state index in [9.17, 15) is 27.5 Å². The molecule has 3 aromatic rings. The minimum Gasteiger partial charge on any atom is -0.480 e. The van der Waals surface area contributed by atoms with Gasteiger partial charge < -0.3 is 10.0 Å². The van der Waals surface area contributed by atoms with Crippen molar-refractivity contribution in [1.29, 1.82) is 0 Å². The number of hydrogen-bond acceptors (Lipinski definition) is 4. The summed E-state index contributed by atoms with van der Waals surface area (Å²) in [5.74, 6) is -2.08. The van der Waals surface area contributed by atoms with E-state index < -0.39 is 39.8 Å². The van der Waals surface area contributed by atoms with E-state index >= 15 is 0 Å². The lowest BCUT2D eigenvalue weighted by atomic mass is 9.97. The van der Waals surface area contributed by atoms with Gasteiger partial charge >= 0.3 is 5.97 Å². The van der Waals surface area contributed by atoms with Crippen molar-refractivity contribution in [2.45, 2.75) is 31.8 Å². The number of rotatable bonds is 6. The van der Waals surface area contributed by atoms with Crippen molar-refractivity contribution in [1.82, 2.24) is 4.90 Å². The highest BCUT2D eigenvalue weighted by Gasteiger charge is 2.42. The number of aryl methyl sites for hydroxylation is 1. The maximum atomic E-state index is 14.5. The molecule has 0 aliphatic carbocycles. The number of benzene rings is 3. The highest BCUT2D eigenvalue weighted by atomic mass is 32.2. The van der Waals surface area contributed by atoms with E-state index in [-0.39, 0.29) is 6.42 Å². The zero-order valence-electron chi connectivity index (χ0n) is 19.2. The number of halogens is 1. The molecule has 7 nitrogen and oxygen atoms in total. The first-order valence-electron chi connectivity index (χ1n) is 11.0. The molecule has 0 spiro atoms. The Kier molecular flexibility index (Phi) is 6.62. The van der Waals surface area contributed by atoms with Gasteiger partial charge in [0.1, 0.15) is 11.9 Å². The van der Waals surface area contributed by atoms with Crippen molar-refractivity contribution in [3.8, 4) is 11.1 Å². The van der Waals surface area contributed by atoms with E-state index in [1.807, 2.05) is 13.0 Å². The van der Waals surface area contributed by atoms with Crippen LogP contribution in [0.5, 0.6) is 0 Å². The maximum Gasteiger partial charge on any atom is 0.326 e. The molecule has 2 N–H and O–H groups in total. The molecule has 1 heterocycles. The highest BCUT2D eigenvalue weighted by Crippen LogP contribution is 2.39. The van der Waals surface area contributed by atoms with Crippen LogP contribution in [0.4, 0.5) is 10.1 Å². The Labute approximate surface area is 203 Å². The molecule has 1 amide bonds. The number of aliphatic carboxylic acids is 1. The Morgan fingerprint density at radius 1 is 1.03 bits per heavy atom. The van der Waals surface area contributed by atoms with Crippen LogP contribution in [0, 0.1) is 12.7 Å². The molecule has 35 heavy (non-hydrogen) atoms. The van der Waals surface area contributed by atoms with Crippen LogP contribution in [0.1, 0.15) is 40.4 Å². The van der Waals surface area contributed by atoms with E-state index in [1.165, 1.54) is 11.0 Å². The van der Waals surface area contributed by atoms with Gasteiger partial charge in [-0.15, -0.1) is 0 Å². The Bertz CT molecular complexity index is 1410. The van der Waals surface area contributed by atoms with Gasteiger partial charge in [-0.05, 0) is 66.8 Å². The number of carboxylic acid groups (broad SMARTS) is 1. The molecule has 182 valence electrons. The quantitative estimate of drug-likeness (QED) is 0.519. The molecule has 4 rings (SSSR count). The fourth-order valence-corrected chi connectivity index (χ4v) is 5.18. The Hall–Kier alpha value is -3.72. The SMILES string of the molecule is Cc1cc(C(=O)N2[C@@H](c3ccccc3F)CC[C@H]2C(=O)O)ccc1-c1cccc(NS(C)(=O)=O)c1. The van der Waals surface area contributed by atoms with Gasteiger partial charge in [0.2, 0.25) is 10.0 Å². The molecule has 0 unspecified atom stereocenters. The van der Waals surface area contributed by atoms with Gasteiger partial charge in [-0.1, -0.05) is 36.4 Å². The summed E-state index contributed by atoms with van der Waals surface area (Å²) in [6.45, 7) is 1.82. The summed E-state index contributed by atoms with van der Waals surface area (Å²) < 4.78 is 40.1. The highest BCUT2D eigenvalue weighted by molar-refractivity contribution is 7.92. The molecule has 1 aliphatic heterocycles. The van der Waals surface area contributed by atoms with Gasteiger partial charge in [-0.2, -0.15) is 0 Å². The van der Waals surface area contributed by atoms with Crippen LogP contribution in [-0.2, 0) is 14.8 Å². The van der Waals surface area contributed by atoms with Crippen LogP contribution in [0.2, 0.25) is 0 Å². The number of anilines is 1. The predicted molar refractivity (Wildman–Crippen MR) is 131 cm³/mol. The van der Waals surface area contributed by atoms with Crippen molar-refractivity contribution < 1.29 is 27.5 Å². The largest absolute Gasteiger partial charge is 0.480 e. The van der Waals surface area contributed by atoms with Crippen molar-refractivity contribution in [3.63, 3.8) is 0 Å². The number of likely N-dealkylation sites (tertiary alicyclic amines) is 1. The third-order valence-electron chi connectivity index (χ3n) is 6.12. The summed E-state index contributed by atoms with van der Waals surface area (Å²) >= 11 is 0. The van der Waals surface area contributed by atoms with E-state index in [4.69, 9.17) is 0 Å². The normalized spacial score (nSPS) is 17.9. The zero-order chi connectivity index (χ0) is 25.3. The fourth-order valence-electron chi connectivity index (χ4n) is 4.62. The van der Waals surface area contributed by atoms with Crippen molar-refractivity contribution in [2.24, 2.45) is 0 Å². The lowest BCUT2D eigenvalue weighted by molar-refractivity contribution is -0.141. The van der Waals surface area contributed by atoms with E-state index in [0.29, 0.717) is 23.2 Å². The van der Waals surface area contributed by atoms with E-state index in [0.717, 1.165) is 22.9 Å². The molecular weight excluding hydrogens is 471 g/mol. The molecular formula is C26H25FN2O5S. The molecule has 3 aromatic carbocycles. The number of nitrogens with one attached hydrogen (secondary N) is 1. The lowest BCUT2D eigenvalue weighted by Crippen LogP contribution is -2.42. The molecule has 2 atom stereocenters. The number of amides is 1. The number of nitrogens with zero attached hydrogens (tertiary/aromatic N) is 1. The van der Waals surface area contributed by atoms with Crippen LogP contribution < -0.4 is 4.72 Å². The molecule has 0 bridgehead atoms. The maximum absolute atomic E-state index is 14.5. The van der Waals surface area contributed by atoms with Gasteiger partial charge in [0.15, 0.2) is 0 Å². The summed E-state index contributed by atoms with van der Waals surface area (Å²) in [4.78, 5) is 26.7. The third-order valence-corrected chi connectivity index (χ3v) is 6.73. The van der Waals surface area contributed by atoms with Gasteiger partial charge in [0, 0.05) is 16.8 Å². The molecule has 1 saturated heterocycles. The topological polar surface area (TPSA) is 104 Å². The molecule has 9 heteroatoms. The van der Waals surface area contributed by atoms with Crippen LogP contribution in [0.15, 0.2) is 66.7 Å². The molecule has 0 radical (unpaired) electrons. The lowest BCUT2D eigenvalue weighted by Gasteiger charge is -2.29. The second-order valence-electron chi connectivity index (χ2n) is 8.67. The Balaban J connectivity index is 1.68. The van der Waals surface area contributed by atoms with E-state index in [2.05, 4.69) is 4.72 Å². The number of carbonyl (C=O) groups is 2. The van der Waals surface area contributed by atoms with E-state index in [1.54, 1.807) is 54.6 Å². The second kappa shape index (κ2) is 9.50. The van der Waals surface area contributed by atoms with Crippen molar-refractivity contribution >= 4 is 27.6 Å². The molecule has 0 saturated carbocycles. The average molecular weight is 497 g/mol. The summed E-state index contributed by atoms with van der Waals surface area (Å²) in [5.41, 5.74) is 3.31. The summed E-state index contributed by atoms with van der Waals surface area (Å²) in [6.07, 6.45) is 1.65. The minimum absolute atomic E-state index is 0.233. The second-order valence-corrected chi connectivity index (χ2v) is 10.4. The fraction of sp³-hybridized carbons (Fsp3) is 0.231. The minimum atomic E-state index is -3.43. The first-order valence-corrected chi connectivity index (χ1v) is 12.9. The first kappa shape index (κ1) is 24.4. The van der Waals surface area contributed by atoms with Gasteiger partial charge in [0.05, 0.1) is 12.3 Å². The smallest absolute Gasteiger partial charge is 0.326 e. The first-order chi connectivity index (χ1) is 16.5. The Morgan fingerprint density at radius 3 is 2.43 bits per heavy atom. The summed E-state index contributed by atoms with van der Waals surface area (Å²) in [6, 6.07) is 16.3. The molecule has 0 aromatic heterocycles. The van der Waals surface area contributed by atoms with Gasteiger partial charge in [-0.3, -0.25) is 9.52 Å². The summed E-state index contributed by atoms with van der Waals surface area (Å²) in [5, 5.41) is 9.73. The van der Waals surface area contributed by atoms with Gasteiger partial charge in [0.25, 0.3) is 5.91 Å². The Morgan fingerprint density at radius 2 is 1.77 bits per heavy atom. The van der Waals surface area contributed by atoms with Crippen LogP contribution in [0.25, 0.3) is 11.1 Å². The zero-order valence-corrected chi connectivity index (χ0v) is 20.0. The summed E-state index contributed by atoms with van der Waals surface area (Å²) in [7, 11) is -3.43. The monoisotopic (exact) mass is 496 g/mol. The standard InChI is InChI=1S/C26H25FN2O5S/c1-16-14-18(10-11-20(16)17-6-5-7-19(15-17)28-35(2,33)34)25(30)29-23(12-13-24(29)26(31)32)21-8-3-4-9-22(21)27/h3-11,14-15,23-24,28H,12-13H2,1-2H3,(H,31,32)/t23-,24+/m1/s1. The predicted octanol–water partition coefficient (Wildman–Crippen LogP) is 4.60. The third kappa shape index (κ3) is 5.19. The van der Waals surface area contributed by atoms with Crippen molar-refractivity contribution in [3.05, 3.63) is 89.2 Å². The molecule has 1 fully saturated rings. The van der Waals surface area contributed by atoms with Crippen molar-refractivity contribution in [2.75, 3.05) is 11.0 Å². The number of sulfonamides is 1. The van der Waals surface area contributed by atoms with Crippen LogP contribution >= 0.6 is 0 Å². The van der Waals surface area contributed by atoms with Crippen LogP contribution in [-0.4, -0.2) is 42.6 Å². The molecule has 1 aliphatic rings. The number of carboxylic acids is 1. The number of carbonyl (C=O) groups excluding carboxylic acids is 1. The average Bonchev–Trinajstić information content (AvgIpc) is 3.23.